The lowest BCUT2D eigenvalue weighted by atomic mass is 10.1. The first-order valence-corrected chi connectivity index (χ1v) is 7.11. The van der Waals surface area contributed by atoms with Gasteiger partial charge in [0.2, 0.25) is 0 Å². The predicted molar refractivity (Wildman–Crippen MR) is 77.8 cm³/mol. The third kappa shape index (κ3) is 2.31. The summed E-state index contributed by atoms with van der Waals surface area (Å²) in [6.07, 6.45) is 3.72. The van der Waals surface area contributed by atoms with Crippen molar-refractivity contribution in [3.05, 3.63) is 52.6 Å². The SMILES string of the molecule is Cc1cnc(C2CCCN2C(=O)c2ccccc2Cl)[nH]1. The molecule has 4 nitrogen and oxygen atoms in total. The van der Waals surface area contributed by atoms with Crippen molar-refractivity contribution >= 4 is 17.5 Å². The Balaban J connectivity index is 1.89. The van der Waals surface area contributed by atoms with E-state index in [0.717, 1.165) is 30.9 Å². The molecule has 0 spiro atoms. The van der Waals surface area contributed by atoms with E-state index in [1.807, 2.05) is 24.0 Å². The summed E-state index contributed by atoms with van der Waals surface area (Å²) in [5.41, 5.74) is 1.57. The predicted octanol–water partition coefficient (Wildman–Crippen LogP) is 3.35. The molecule has 1 aromatic carbocycles. The molecule has 5 heteroatoms. The minimum Gasteiger partial charge on any atom is -0.344 e. The lowest BCUT2D eigenvalue weighted by molar-refractivity contribution is 0.0730. The number of rotatable bonds is 2. The average molecular weight is 290 g/mol. The van der Waals surface area contributed by atoms with E-state index in [2.05, 4.69) is 9.97 Å². The number of aromatic nitrogens is 2. The number of carbonyl (C=O) groups excluding carboxylic acids is 1. The van der Waals surface area contributed by atoms with Gasteiger partial charge in [-0.1, -0.05) is 23.7 Å². The summed E-state index contributed by atoms with van der Waals surface area (Å²) in [5.74, 6) is 0.840. The van der Waals surface area contributed by atoms with E-state index in [9.17, 15) is 4.79 Å². The van der Waals surface area contributed by atoms with Crippen LogP contribution in [0.3, 0.4) is 0 Å². The van der Waals surface area contributed by atoms with Gasteiger partial charge in [0.25, 0.3) is 5.91 Å². The Labute approximate surface area is 122 Å². The van der Waals surface area contributed by atoms with Crippen LogP contribution in [0.4, 0.5) is 0 Å². The average Bonchev–Trinajstić information content (AvgIpc) is 3.06. The smallest absolute Gasteiger partial charge is 0.255 e. The number of carbonyl (C=O) groups is 1. The normalized spacial score (nSPS) is 18.5. The van der Waals surface area contributed by atoms with E-state index in [0.29, 0.717) is 10.6 Å². The van der Waals surface area contributed by atoms with Crippen molar-refractivity contribution in [1.82, 2.24) is 14.9 Å². The molecule has 2 aromatic rings. The molecule has 1 aliphatic heterocycles. The number of nitrogens with one attached hydrogen (secondary N) is 1. The quantitative estimate of drug-likeness (QED) is 0.922. The molecular weight excluding hydrogens is 274 g/mol. The van der Waals surface area contributed by atoms with Crippen molar-refractivity contribution in [2.45, 2.75) is 25.8 Å². The number of hydrogen-bond acceptors (Lipinski definition) is 2. The van der Waals surface area contributed by atoms with Crippen LogP contribution in [-0.2, 0) is 0 Å². The fourth-order valence-electron chi connectivity index (χ4n) is 2.69. The van der Waals surface area contributed by atoms with Gasteiger partial charge in [0, 0.05) is 18.4 Å². The van der Waals surface area contributed by atoms with Crippen molar-refractivity contribution in [1.29, 1.82) is 0 Å². The zero-order valence-corrected chi connectivity index (χ0v) is 12.0. The number of benzene rings is 1. The van der Waals surface area contributed by atoms with Crippen molar-refractivity contribution < 1.29 is 4.79 Å². The van der Waals surface area contributed by atoms with Gasteiger partial charge in [-0.3, -0.25) is 4.79 Å². The molecule has 1 saturated heterocycles. The highest BCUT2D eigenvalue weighted by atomic mass is 35.5. The van der Waals surface area contributed by atoms with Gasteiger partial charge >= 0.3 is 0 Å². The maximum absolute atomic E-state index is 12.7. The molecule has 104 valence electrons. The molecule has 1 aliphatic rings. The summed E-state index contributed by atoms with van der Waals surface area (Å²) in [7, 11) is 0. The van der Waals surface area contributed by atoms with Gasteiger partial charge in [-0.2, -0.15) is 0 Å². The van der Waals surface area contributed by atoms with Crippen molar-refractivity contribution in [2.75, 3.05) is 6.54 Å². The van der Waals surface area contributed by atoms with Crippen LogP contribution in [0.1, 0.15) is 40.8 Å². The van der Waals surface area contributed by atoms with Gasteiger partial charge in [0.1, 0.15) is 5.82 Å². The van der Waals surface area contributed by atoms with Gasteiger partial charge in [-0.25, -0.2) is 4.98 Å². The second-order valence-corrected chi connectivity index (χ2v) is 5.50. The highest BCUT2D eigenvalue weighted by molar-refractivity contribution is 6.33. The number of aryl methyl sites for hydroxylation is 1. The van der Waals surface area contributed by atoms with E-state index in [1.54, 1.807) is 18.3 Å². The topological polar surface area (TPSA) is 49.0 Å². The number of H-pyrrole nitrogens is 1. The largest absolute Gasteiger partial charge is 0.344 e. The maximum atomic E-state index is 12.7. The Morgan fingerprint density at radius 1 is 1.45 bits per heavy atom. The van der Waals surface area contributed by atoms with Crippen LogP contribution in [-0.4, -0.2) is 27.3 Å². The second-order valence-electron chi connectivity index (χ2n) is 5.09. The fourth-order valence-corrected chi connectivity index (χ4v) is 2.90. The molecule has 0 bridgehead atoms. The van der Waals surface area contributed by atoms with E-state index < -0.39 is 0 Å². The molecule has 0 radical (unpaired) electrons. The molecule has 1 unspecified atom stereocenters. The summed E-state index contributed by atoms with van der Waals surface area (Å²) >= 11 is 6.12. The first-order chi connectivity index (χ1) is 9.66. The zero-order chi connectivity index (χ0) is 14.1. The number of halogens is 1. The minimum atomic E-state index is -0.0212. The molecule has 1 fully saturated rings. The van der Waals surface area contributed by atoms with E-state index in [4.69, 9.17) is 11.6 Å². The van der Waals surface area contributed by atoms with Crippen LogP contribution in [0.25, 0.3) is 0 Å². The molecule has 1 aromatic heterocycles. The van der Waals surface area contributed by atoms with Crippen molar-refractivity contribution in [3.8, 4) is 0 Å². The zero-order valence-electron chi connectivity index (χ0n) is 11.3. The number of likely N-dealkylation sites (tertiary alicyclic amines) is 1. The van der Waals surface area contributed by atoms with Crippen LogP contribution in [0.2, 0.25) is 5.02 Å². The molecule has 0 aliphatic carbocycles. The standard InChI is InChI=1S/C15H16ClN3O/c1-10-9-17-14(18-10)13-7-4-8-19(13)15(20)11-5-2-3-6-12(11)16/h2-3,5-6,9,13H,4,7-8H2,1H3,(H,17,18). The number of hydrogen-bond donors (Lipinski definition) is 1. The van der Waals surface area contributed by atoms with Gasteiger partial charge < -0.3 is 9.88 Å². The molecule has 20 heavy (non-hydrogen) atoms. The Bertz CT molecular complexity index is 638. The van der Waals surface area contributed by atoms with E-state index in [1.165, 1.54) is 0 Å². The fraction of sp³-hybridized carbons (Fsp3) is 0.333. The van der Waals surface area contributed by atoms with Crippen LogP contribution >= 0.6 is 11.6 Å². The number of nitrogens with zero attached hydrogens (tertiary/aromatic N) is 2. The van der Waals surface area contributed by atoms with Gasteiger partial charge in [0.05, 0.1) is 16.6 Å². The summed E-state index contributed by atoms with van der Waals surface area (Å²) in [6, 6.07) is 7.20. The Morgan fingerprint density at radius 3 is 2.95 bits per heavy atom. The first-order valence-electron chi connectivity index (χ1n) is 6.74. The first kappa shape index (κ1) is 13.2. The van der Waals surface area contributed by atoms with E-state index in [-0.39, 0.29) is 11.9 Å². The molecule has 2 heterocycles. The van der Waals surface area contributed by atoms with Crippen LogP contribution in [0, 0.1) is 6.92 Å². The lowest BCUT2D eigenvalue weighted by Crippen LogP contribution is -2.31. The third-order valence-electron chi connectivity index (χ3n) is 3.66. The molecule has 1 N–H and O–H groups in total. The lowest BCUT2D eigenvalue weighted by Gasteiger charge is -2.23. The highest BCUT2D eigenvalue weighted by Gasteiger charge is 2.32. The van der Waals surface area contributed by atoms with Crippen LogP contribution in [0.5, 0.6) is 0 Å². The Kier molecular flexibility index (Phi) is 3.49. The second kappa shape index (κ2) is 5.29. The Morgan fingerprint density at radius 2 is 2.25 bits per heavy atom. The van der Waals surface area contributed by atoms with Crippen molar-refractivity contribution in [2.24, 2.45) is 0 Å². The van der Waals surface area contributed by atoms with Gasteiger partial charge in [-0.15, -0.1) is 0 Å². The van der Waals surface area contributed by atoms with Crippen LogP contribution < -0.4 is 0 Å². The monoisotopic (exact) mass is 289 g/mol. The maximum Gasteiger partial charge on any atom is 0.255 e. The molecule has 1 atom stereocenters. The number of aromatic amines is 1. The van der Waals surface area contributed by atoms with Crippen LogP contribution in [0.15, 0.2) is 30.5 Å². The summed E-state index contributed by atoms with van der Waals surface area (Å²) in [4.78, 5) is 22.1. The number of imidazole rings is 1. The van der Waals surface area contributed by atoms with Crippen molar-refractivity contribution in [3.63, 3.8) is 0 Å². The minimum absolute atomic E-state index is 0.0208. The summed E-state index contributed by atoms with van der Waals surface area (Å²) < 4.78 is 0. The molecule has 0 saturated carbocycles. The van der Waals surface area contributed by atoms with Gasteiger partial charge in [-0.05, 0) is 31.9 Å². The molecular formula is C15H16ClN3O. The number of amides is 1. The molecule has 3 rings (SSSR count). The highest BCUT2D eigenvalue weighted by Crippen LogP contribution is 2.32. The van der Waals surface area contributed by atoms with Gasteiger partial charge in [0.15, 0.2) is 0 Å². The third-order valence-corrected chi connectivity index (χ3v) is 3.99. The summed E-state index contributed by atoms with van der Waals surface area (Å²) in [5, 5.41) is 0.499. The Hall–Kier alpha value is -1.81. The van der Waals surface area contributed by atoms with E-state index >= 15 is 0 Å². The molecule has 1 amide bonds. The summed E-state index contributed by atoms with van der Waals surface area (Å²) in [6.45, 7) is 2.71.